The zero-order valence-corrected chi connectivity index (χ0v) is 13.8. The number of carbonyl (C=O) groups is 1. The standard InChI is InChI=1S/C16H25FN2O2.ClH/c1-13(21-15-9-7-14(17)8-10-15)12-19-16(20)6-4-2-3-5-11-18;/h7-10,13H,2-6,11-12,18H2,1H3,(H,19,20);1H. The molecule has 1 atom stereocenters. The lowest BCUT2D eigenvalue weighted by Crippen LogP contribution is -2.33. The van der Waals surface area contributed by atoms with Crippen LogP contribution in [-0.2, 0) is 4.79 Å². The molecule has 0 spiro atoms. The molecule has 3 N–H and O–H groups in total. The van der Waals surface area contributed by atoms with Gasteiger partial charge in [-0.3, -0.25) is 4.79 Å². The highest BCUT2D eigenvalue weighted by Gasteiger charge is 2.07. The first-order valence-electron chi connectivity index (χ1n) is 7.51. The number of carbonyl (C=O) groups excluding carboxylic acids is 1. The second-order valence-corrected chi connectivity index (χ2v) is 5.14. The van der Waals surface area contributed by atoms with Gasteiger partial charge in [-0.05, 0) is 50.6 Å². The van der Waals surface area contributed by atoms with Crippen molar-refractivity contribution in [2.75, 3.05) is 13.1 Å². The summed E-state index contributed by atoms with van der Waals surface area (Å²) in [5.74, 6) is 0.343. The molecule has 1 aromatic rings. The van der Waals surface area contributed by atoms with E-state index in [1.807, 2.05) is 6.92 Å². The zero-order valence-electron chi connectivity index (χ0n) is 13.0. The van der Waals surface area contributed by atoms with E-state index in [9.17, 15) is 9.18 Å². The third kappa shape index (κ3) is 9.58. The van der Waals surface area contributed by atoms with Crippen molar-refractivity contribution in [3.63, 3.8) is 0 Å². The summed E-state index contributed by atoms with van der Waals surface area (Å²) >= 11 is 0. The summed E-state index contributed by atoms with van der Waals surface area (Å²) in [5, 5.41) is 2.84. The molecule has 0 saturated heterocycles. The van der Waals surface area contributed by atoms with E-state index in [2.05, 4.69) is 5.32 Å². The van der Waals surface area contributed by atoms with E-state index in [0.29, 0.717) is 25.3 Å². The smallest absolute Gasteiger partial charge is 0.220 e. The maximum Gasteiger partial charge on any atom is 0.220 e. The van der Waals surface area contributed by atoms with Crippen LogP contribution in [0.15, 0.2) is 24.3 Å². The average molecular weight is 333 g/mol. The summed E-state index contributed by atoms with van der Waals surface area (Å²) in [4.78, 5) is 11.6. The number of nitrogens with two attached hydrogens (primary N) is 1. The molecule has 0 heterocycles. The molecule has 1 rings (SSSR count). The van der Waals surface area contributed by atoms with E-state index < -0.39 is 0 Å². The summed E-state index contributed by atoms with van der Waals surface area (Å²) in [5.41, 5.74) is 5.41. The van der Waals surface area contributed by atoms with Crippen LogP contribution in [0.2, 0.25) is 0 Å². The summed E-state index contributed by atoms with van der Waals surface area (Å²) in [6.07, 6.45) is 4.40. The number of rotatable bonds is 10. The third-order valence-electron chi connectivity index (χ3n) is 3.10. The molecule has 0 aliphatic heterocycles. The van der Waals surface area contributed by atoms with Crippen LogP contribution in [0.4, 0.5) is 4.39 Å². The Hall–Kier alpha value is -1.33. The molecule has 0 bridgehead atoms. The van der Waals surface area contributed by atoms with Crippen molar-refractivity contribution < 1.29 is 13.9 Å². The number of ether oxygens (including phenoxy) is 1. The Kier molecular flexibility index (Phi) is 11.5. The Labute approximate surface area is 138 Å². The fourth-order valence-corrected chi connectivity index (χ4v) is 1.92. The Morgan fingerprint density at radius 2 is 1.86 bits per heavy atom. The molecular formula is C16H26ClFN2O2. The average Bonchev–Trinajstić information content (AvgIpc) is 2.47. The van der Waals surface area contributed by atoms with E-state index >= 15 is 0 Å². The molecule has 4 nitrogen and oxygen atoms in total. The van der Waals surface area contributed by atoms with Crippen LogP contribution in [0.5, 0.6) is 5.75 Å². The Morgan fingerprint density at radius 1 is 1.23 bits per heavy atom. The highest BCUT2D eigenvalue weighted by atomic mass is 35.5. The lowest BCUT2D eigenvalue weighted by molar-refractivity contribution is -0.121. The molecule has 0 aliphatic carbocycles. The number of hydrogen-bond acceptors (Lipinski definition) is 3. The molecule has 0 fully saturated rings. The maximum atomic E-state index is 12.8. The number of unbranched alkanes of at least 4 members (excludes halogenated alkanes) is 3. The van der Waals surface area contributed by atoms with Gasteiger partial charge in [0.15, 0.2) is 0 Å². The van der Waals surface area contributed by atoms with Crippen molar-refractivity contribution in [2.45, 2.75) is 45.1 Å². The van der Waals surface area contributed by atoms with E-state index in [4.69, 9.17) is 10.5 Å². The predicted molar refractivity (Wildman–Crippen MR) is 88.9 cm³/mol. The maximum absolute atomic E-state index is 12.8. The minimum absolute atomic E-state index is 0. The summed E-state index contributed by atoms with van der Waals surface area (Å²) in [7, 11) is 0. The molecule has 0 radical (unpaired) electrons. The van der Waals surface area contributed by atoms with Crippen molar-refractivity contribution in [3.8, 4) is 5.75 Å². The molecule has 126 valence electrons. The van der Waals surface area contributed by atoms with E-state index in [1.165, 1.54) is 12.1 Å². The van der Waals surface area contributed by atoms with Gasteiger partial charge in [-0.2, -0.15) is 0 Å². The van der Waals surface area contributed by atoms with Crippen LogP contribution >= 0.6 is 12.4 Å². The van der Waals surface area contributed by atoms with Gasteiger partial charge in [-0.1, -0.05) is 12.8 Å². The Morgan fingerprint density at radius 3 is 2.50 bits per heavy atom. The molecule has 6 heteroatoms. The minimum atomic E-state index is -0.294. The first kappa shape index (κ1) is 20.7. The van der Waals surface area contributed by atoms with Gasteiger partial charge in [0, 0.05) is 6.42 Å². The van der Waals surface area contributed by atoms with Gasteiger partial charge >= 0.3 is 0 Å². The lowest BCUT2D eigenvalue weighted by atomic mass is 10.1. The topological polar surface area (TPSA) is 64.4 Å². The van der Waals surface area contributed by atoms with Crippen LogP contribution in [0, 0.1) is 5.82 Å². The van der Waals surface area contributed by atoms with Gasteiger partial charge < -0.3 is 15.8 Å². The van der Waals surface area contributed by atoms with Crippen molar-refractivity contribution in [1.29, 1.82) is 0 Å². The number of halogens is 2. The van der Waals surface area contributed by atoms with E-state index in [-0.39, 0.29) is 30.2 Å². The van der Waals surface area contributed by atoms with Crippen molar-refractivity contribution >= 4 is 18.3 Å². The Balaban J connectivity index is 0.00000441. The quantitative estimate of drug-likeness (QED) is 0.647. The fourth-order valence-electron chi connectivity index (χ4n) is 1.92. The van der Waals surface area contributed by atoms with Crippen molar-refractivity contribution in [1.82, 2.24) is 5.32 Å². The van der Waals surface area contributed by atoms with Crippen LogP contribution in [0.3, 0.4) is 0 Å². The fraction of sp³-hybridized carbons (Fsp3) is 0.562. The SMILES string of the molecule is CC(CNC(=O)CCCCCCN)Oc1ccc(F)cc1.Cl. The predicted octanol–water partition coefficient (Wildman–Crippen LogP) is 3.04. The van der Waals surface area contributed by atoms with Crippen LogP contribution in [0.1, 0.15) is 39.0 Å². The number of nitrogens with one attached hydrogen (secondary N) is 1. The van der Waals surface area contributed by atoms with Crippen molar-refractivity contribution in [2.24, 2.45) is 5.73 Å². The number of benzene rings is 1. The van der Waals surface area contributed by atoms with Gasteiger partial charge in [0.2, 0.25) is 5.91 Å². The molecular weight excluding hydrogens is 307 g/mol. The summed E-state index contributed by atoms with van der Waals surface area (Å²) in [6, 6.07) is 5.85. The number of amides is 1. The van der Waals surface area contributed by atoms with Gasteiger partial charge in [0.1, 0.15) is 17.7 Å². The lowest BCUT2D eigenvalue weighted by Gasteiger charge is -2.15. The molecule has 22 heavy (non-hydrogen) atoms. The summed E-state index contributed by atoms with van der Waals surface area (Å²) in [6.45, 7) is 3.02. The monoisotopic (exact) mass is 332 g/mol. The van der Waals surface area contributed by atoms with Gasteiger partial charge in [0.25, 0.3) is 0 Å². The third-order valence-corrected chi connectivity index (χ3v) is 3.10. The second kappa shape index (κ2) is 12.2. The van der Waals surface area contributed by atoms with Gasteiger partial charge in [-0.15, -0.1) is 12.4 Å². The highest BCUT2D eigenvalue weighted by Crippen LogP contribution is 2.12. The molecule has 0 saturated carbocycles. The van der Waals surface area contributed by atoms with E-state index in [0.717, 1.165) is 25.7 Å². The van der Waals surface area contributed by atoms with Crippen LogP contribution in [0.25, 0.3) is 0 Å². The second-order valence-electron chi connectivity index (χ2n) is 5.14. The first-order chi connectivity index (χ1) is 10.1. The van der Waals surface area contributed by atoms with Gasteiger partial charge in [0.05, 0.1) is 6.54 Å². The minimum Gasteiger partial charge on any atom is -0.489 e. The first-order valence-corrected chi connectivity index (χ1v) is 7.51. The van der Waals surface area contributed by atoms with Crippen LogP contribution < -0.4 is 15.8 Å². The number of hydrogen-bond donors (Lipinski definition) is 2. The zero-order chi connectivity index (χ0) is 15.5. The largest absolute Gasteiger partial charge is 0.489 e. The highest BCUT2D eigenvalue weighted by molar-refractivity contribution is 5.85. The molecule has 1 unspecified atom stereocenters. The van der Waals surface area contributed by atoms with E-state index in [1.54, 1.807) is 12.1 Å². The van der Waals surface area contributed by atoms with Crippen molar-refractivity contribution in [3.05, 3.63) is 30.1 Å². The normalized spacial score (nSPS) is 11.4. The molecule has 1 aromatic carbocycles. The Bertz CT molecular complexity index is 415. The summed E-state index contributed by atoms with van der Waals surface area (Å²) < 4.78 is 18.3. The molecule has 0 aromatic heterocycles. The van der Waals surface area contributed by atoms with Gasteiger partial charge in [-0.25, -0.2) is 4.39 Å². The molecule has 0 aliphatic rings. The van der Waals surface area contributed by atoms with Crippen LogP contribution in [-0.4, -0.2) is 25.1 Å². The molecule has 1 amide bonds.